The number of carbonyl (C=O) groups excluding carboxylic acids is 1. The summed E-state index contributed by atoms with van der Waals surface area (Å²) in [7, 11) is 0. The van der Waals surface area contributed by atoms with Gasteiger partial charge in [0.2, 0.25) is 5.91 Å². The SMILES string of the molecule is O=C(Nc1ccc(F)c(F)c1F)C1CCOc2ccccc21. The molecule has 1 atom stereocenters. The molecule has 0 radical (unpaired) electrons. The fraction of sp³-hybridized carbons (Fsp3) is 0.188. The molecule has 1 aliphatic heterocycles. The Morgan fingerprint density at radius 2 is 1.86 bits per heavy atom. The van der Waals surface area contributed by atoms with Gasteiger partial charge in [-0.3, -0.25) is 4.79 Å². The molecule has 6 heteroatoms. The zero-order valence-corrected chi connectivity index (χ0v) is 11.4. The number of hydrogen-bond donors (Lipinski definition) is 1. The van der Waals surface area contributed by atoms with Gasteiger partial charge in [-0.1, -0.05) is 18.2 Å². The highest BCUT2D eigenvalue weighted by Crippen LogP contribution is 2.34. The van der Waals surface area contributed by atoms with Crippen LogP contribution in [-0.2, 0) is 4.79 Å². The van der Waals surface area contributed by atoms with Crippen LogP contribution in [-0.4, -0.2) is 12.5 Å². The molecule has 114 valence electrons. The van der Waals surface area contributed by atoms with E-state index < -0.39 is 29.3 Å². The van der Waals surface area contributed by atoms with Gasteiger partial charge in [0.05, 0.1) is 18.2 Å². The van der Waals surface area contributed by atoms with Crippen molar-refractivity contribution in [2.24, 2.45) is 0 Å². The van der Waals surface area contributed by atoms with Gasteiger partial charge in [0.25, 0.3) is 0 Å². The van der Waals surface area contributed by atoms with Gasteiger partial charge in [-0.05, 0) is 24.6 Å². The predicted octanol–water partition coefficient (Wildman–Crippen LogP) is 3.61. The number of fused-ring (bicyclic) bond motifs is 1. The van der Waals surface area contributed by atoms with Crippen molar-refractivity contribution < 1.29 is 22.7 Å². The number of amides is 1. The molecule has 3 nitrogen and oxygen atoms in total. The Morgan fingerprint density at radius 3 is 2.68 bits per heavy atom. The monoisotopic (exact) mass is 307 g/mol. The van der Waals surface area contributed by atoms with E-state index in [4.69, 9.17) is 4.74 Å². The molecule has 0 saturated carbocycles. The van der Waals surface area contributed by atoms with Gasteiger partial charge in [0.1, 0.15) is 5.75 Å². The number of benzene rings is 2. The molecule has 3 rings (SSSR count). The molecule has 0 spiro atoms. The highest BCUT2D eigenvalue weighted by atomic mass is 19.2. The molecule has 1 heterocycles. The minimum absolute atomic E-state index is 0.357. The van der Waals surface area contributed by atoms with E-state index in [1.165, 1.54) is 0 Å². The van der Waals surface area contributed by atoms with E-state index in [-0.39, 0.29) is 5.69 Å². The number of rotatable bonds is 2. The maximum Gasteiger partial charge on any atom is 0.232 e. The minimum atomic E-state index is -1.61. The molecule has 22 heavy (non-hydrogen) atoms. The van der Waals surface area contributed by atoms with Crippen LogP contribution in [0.25, 0.3) is 0 Å². The van der Waals surface area contributed by atoms with Crippen LogP contribution in [0, 0.1) is 17.5 Å². The van der Waals surface area contributed by atoms with E-state index in [0.717, 1.165) is 12.1 Å². The zero-order chi connectivity index (χ0) is 15.7. The van der Waals surface area contributed by atoms with Crippen molar-refractivity contribution in [3.8, 4) is 5.75 Å². The van der Waals surface area contributed by atoms with Crippen LogP contribution in [0.5, 0.6) is 5.75 Å². The first-order chi connectivity index (χ1) is 10.6. The Labute approximate surface area is 124 Å². The van der Waals surface area contributed by atoms with Crippen LogP contribution in [0.3, 0.4) is 0 Å². The quantitative estimate of drug-likeness (QED) is 0.861. The number of hydrogen-bond acceptors (Lipinski definition) is 2. The third kappa shape index (κ3) is 2.52. The van der Waals surface area contributed by atoms with E-state index in [0.29, 0.717) is 24.3 Å². The van der Waals surface area contributed by atoms with Crippen molar-refractivity contribution in [1.82, 2.24) is 0 Å². The minimum Gasteiger partial charge on any atom is -0.493 e. The number of para-hydroxylation sites is 1. The Hall–Kier alpha value is -2.50. The Balaban J connectivity index is 1.86. The highest BCUT2D eigenvalue weighted by molar-refractivity contribution is 5.96. The molecule has 0 aromatic heterocycles. The Morgan fingerprint density at radius 1 is 1.09 bits per heavy atom. The topological polar surface area (TPSA) is 38.3 Å². The van der Waals surface area contributed by atoms with Crippen LogP contribution >= 0.6 is 0 Å². The fourth-order valence-electron chi connectivity index (χ4n) is 2.46. The van der Waals surface area contributed by atoms with Gasteiger partial charge in [-0.2, -0.15) is 0 Å². The average molecular weight is 307 g/mol. The molecule has 0 aliphatic carbocycles. The molecule has 0 bridgehead atoms. The maximum atomic E-state index is 13.6. The molecule has 2 aromatic rings. The Bertz CT molecular complexity index is 733. The zero-order valence-electron chi connectivity index (χ0n) is 11.4. The molecule has 0 saturated heterocycles. The molecule has 2 aromatic carbocycles. The first-order valence-corrected chi connectivity index (χ1v) is 6.74. The van der Waals surface area contributed by atoms with Crippen molar-refractivity contribution in [3.63, 3.8) is 0 Å². The lowest BCUT2D eigenvalue weighted by atomic mass is 9.92. The molecule has 1 amide bonds. The summed E-state index contributed by atoms with van der Waals surface area (Å²) in [5.41, 5.74) is 0.308. The molecule has 0 fully saturated rings. The molecule has 1 unspecified atom stereocenters. The number of ether oxygens (including phenoxy) is 1. The summed E-state index contributed by atoms with van der Waals surface area (Å²) in [5.74, 6) is -4.73. The fourth-order valence-corrected chi connectivity index (χ4v) is 2.46. The summed E-state index contributed by atoms with van der Waals surface area (Å²) < 4.78 is 45.2. The lowest BCUT2D eigenvalue weighted by molar-refractivity contribution is -0.118. The van der Waals surface area contributed by atoms with Gasteiger partial charge in [0, 0.05) is 5.56 Å². The summed E-state index contributed by atoms with van der Waals surface area (Å²) in [6.45, 7) is 0.357. The summed E-state index contributed by atoms with van der Waals surface area (Å²) in [5, 5.41) is 2.31. The summed E-state index contributed by atoms with van der Waals surface area (Å²) >= 11 is 0. The van der Waals surface area contributed by atoms with Crippen LogP contribution < -0.4 is 10.1 Å². The molecular formula is C16H12F3NO2. The number of halogens is 3. The van der Waals surface area contributed by atoms with Crippen LogP contribution in [0.1, 0.15) is 17.9 Å². The summed E-state index contributed by atoms with van der Waals surface area (Å²) in [4.78, 5) is 12.3. The normalized spacial score (nSPS) is 16.6. The number of carbonyl (C=O) groups is 1. The second-order valence-electron chi connectivity index (χ2n) is 4.94. The molecule has 1 aliphatic rings. The molecular weight excluding hydrogens is 295 g/mol. The van der Waals surface area contributed by atoms with E-state index in [9.17, 15) is 18.0 Å². The third-order valence-electron chi connectivity index (χ3n) is 3.57. The standard InChI is InChI=1S/C16H12F3NO2/c17-11-5-6-12(15(19)14(11)18)20-16(21)10-7-8-22-13-4-2-1-3-9(10)13/h1-6,10H,7-8H2,(H,20,21). The second kappa shape index (κ2) is 5.71. The van der Waals surface area contributed by atoms with Gasteiger partial charge in [-0.15, -0.1) is 0 Å². The second-order valence-corrected chi connectivity index (χ2v) is 4.94. The van der Waals surface area contributed by atoms with Crippen molar-refractivity contribution in [2.45, 2.75) is 12.3 Å². The van der Waals surface area contributed by atoms with Crippen molar-refractivity contribution in [2.75, 3.05) is 11.9 Å². The summed E-state index contributed by atoms with van der Waals surface area (Å²) in [6, 6.07) is 8.82. The lowest BCUT2D eigenvalue weighted by Crippen LogP contribution is -2.27. The van der Waals surface area contributed by atoms with Gasteiger partial charge in [-0.25, -0.2) is 13.2 Å². The summed E-state index contributed by atoms with van der Waals surface area (Å²) in [6.07, 6.45) is 0.425. The van der Waals surface area contributed by atoms with Crippen LogP contribution in [0.4, 0.5) is 18.9 Å². The van der Waals surface area contributed by atoms with Gasteiger partial charge < -0.3 is 10.1 Å². The van der Waals surface area contributed by atoms with E-state index in [1.54, 1.807) is 24.3 Å². The smallest absolute Gasteiger partial charge is 0.232 e. The average Bonchev–Trinajstić information content (AvgIpc) is 2.55. The maximum absolute atomic E-state index is 13.6. The van der Waals surface area contributed by atoms with Crippen molar-refractivity contribution in [1.29, 1.82) is 0 Å². The number of nitrogens with one attached hydrogen (secondary N) is 1. The van der Waals surface area contributed by atoms with Gasteiger partial charge in [0.15, 0.2) is 17.5 Å². The van der Waals surface area contributed by atoms with E-state index >= 15 is 0 Å². The van der Waals surface area contributed by atoms with Crippen LogP contribution in [0.2, 0.25) is 0 Å². The number of anilines is 1. The first kappa shape index (κ1) is 14.4. The highest BCUT2D eigenvalue weighted by Gasteiger charge is 2.28. The van der Waals surface area contributed by atoms with Crippen LogP contribution in [0.15, 0.2) is 36.4 Å². The van der Waals surface area contributed by atoms with Gasteiger partial charge >= 0.3 is 0 Å². The Kier molecular flexibility index (Phi) is 3.75. The predicted molar refractivity (Wildman–Crippen MR) is 74.2 cm³/mol. The van der Waals surface area contributed by atoms with E-state index in [1.807, 2.05) is 0 Å². The third-order valence-corrected chi connectivity index (χ3v) is 3.57. The largest absolute Gasteiger partial charge is 0.493 e. The lowest BCUT2D eigenvalue weighted by Gasteiger charge is -2.25. The van der Waals surface area contributed by atoms with Crippen molar-refractivity contribution in [3.05, 3.63) is 59.4 Å². The van der Waals surface area contributed by atoms with E-state index in [2.05, 4.69) is 5.32 Å². The molecule has 1 N–H and O–H groups in total. The first-order valence-electron chi connectivity index (χ1n) is 6.74. The van der Waals surface area contributed by atoms with Crippen molar-refractivity contribution >= 4 is 11.6 Å².